The number of esters is 1. The van der Waals surface area contributed by atoms with Crippen molar-refractivity contribution < 1.29 is 9.53 Å². The lowest BCUT2D eigenvalue weighted by Crippen LogP contribution is -2.23. The van der Waals surface area contributed by atoms with Crippen LogP contribution in [0.4, 0.5) is 0 Å². The minimum atomic E-state index is -0.447. The summed E-state index contributed by atoms with van der Waals surface area (Å²) in [5.74, 6) is 0.617. The first-order chi connectivity index (χ1) is 7.97. The molecule has 0 aliphatic heterocycles. The number of carbonyl (C=O) groups excluding carboxylic acids is 1. The molecule has 0 heterocycles. The second kappa shape index (κ2) is 4.36. The molecule has 0 spiro atoms. The number of fused-ring (bicyclic) bond motifs is 1. The summed E-state index contributed by atoms with van der Waals surface area (Å²) in [7, 11) is 0. The number of ether oxygens (including phenoxy) is 1. The Morgan fingerprint density at radius 3 is 2.59 bits per heavy atom. The summed E-state index contributed by atoms with van der Waals surface area (Å²) in [4.78, 5) is 11.8. The largest absolute Gasteiger partial charge is 0.431 e. The monoisotopic (exact) mass is 230 g/mol. The van der Waals surface area contributed by atoms with Gasteiger partial charge >= 0.3 is 5.97 Å². The van der Waals surface area contributed by atoms with Gasteiger partial charge in [0.2, 0.25) is 0 Å². The molecule has 1 aliphatic rings. The lowest BCUT2D eigenvalue weighted by molar-refractivity contribution is -0.148. The number of hydrogen-bond donors (Lipinski definition) is 0. The molecular formula is C15H18O2. The van der Waals surface area contributed by atoms with Gasteiger partial charge in [0.25, 0.3) is 0 Å². The summed E-state index contributed by atoms with van der Waals surface area (Å²) in [5.41, 5.74) is 2.04. The van der Waals surface area contributed by atoms with Crippen molar-refractivity contribution >= 4 is 12.0 Å². The third-order valence-electron chi connectivity index (χ3n) is 2.85. The van der Waals surface area contributed by atoms with E-state index >= 15 is 0 Å². The fraction of sp³-hybridized carbons (Fsp3) is 0.400. The van der Waals surface area contributed by atoms with Gasteiger partial charge in [0.15, 0.2) is 0 Å². The Morgan fingerprint density at radius 1 is 1.18 bits per heavy atom. The number of benzene rings is 1. The average molecular weight is 230 g/mol. The number of hydrogen-bond acceptors (Lipinski definition) is 2. The first kappa shape index (κ1) is 11.9. The van der Waals surface area contributed by atoms with Gasteiger partial charge in [-0.05, 0) is 44.4 Å². The fourth-order valence-corrected chi connectivity index (χ4v) is 1.76. The van der Waals surface area contributed by atoms with Crippen LogP contribution >= 0.6 is 0 Å². The van der Waals surface area contributed by atoms with Crippen LogP contribution in [0.15, 0.2) is 30.0 Å². The molecule has 1 aliphatic carbocycles. The molecule has 0 N–H and O–H groups in total. The van der Waals surface area contributed by atoms with Gasteiger partial charge in [0.05, 0.1) is 5.41 Å². The minimum Gasteiger partial charge on any atom is -0.431 e. The molecule has 0 bridgehead atoms. The molecule has 17 heavy (non-hydrogen) atoms. The van der Waals surface area contributed by atoms with E-state index in [2.05, 4.69) is 12.1 Å². The number of carbonyl (C=O) groups is 1. The maximum Gasteiger partial charge on any atom is 0.316 e. The second-order valence-electron chi connectivity index (χ2n) is 5.45. The lowest BCUT2D eigenvalue weighted by Gasteiger charge is -2.20. The van der Waals surface area contributed by atoms with Crippen molar-refractivity contribution in [2.75, 3.05) is 0 Å². The quantitative estimate of drug-likeness (QED) is 0.689. The zero-order valence-corrected chi connectivity index (χ0v) is 10.6. The van der Waals surface area contributed by atoms with E-state index in [-0.39, 0.29) is 5.97 Å². The Balaban J connectivity index is 2.16. The SMILES string of the molecule is CC(C)(C)C(=O)OC1=Cc2ccccc2CC1. The molecule has 0 atom stereocenters. The summed E-state index contributed by atoms with van der Waals surface area (Å²) < 4.78 is 5.43. The Bertz CT molecular complexity index is 464. The van der Waals surface area contributed by atoms with Crippen LogP contribution in [-0.2, 0) is 16.0 Å². The smallest absolute Gasteiger partial charge is 0.316 e. The van der Waals surface area contributed by atoms with E-state index in [1.807, 2.05) is 39.0 Å². The molecule has 0 saturated carbocycles. The maximum atomic E-state index is 11.8. The topological polar surface area (TPSA) is 26.3 Å². The van der Waals surface area contributed by atoms with Crippen LogP contribution in [0.5, 0.6) is 0 Å². The van der Waals surface area contributed by atoms with Crippen LogP contribution in [0.1, 0.15) is 38.3 Å². The molecule has 0 unspecified atom stereocenters. The molecule has 2 nitrogen and oxygen atoms in total. The van der Waals surface area contributed by atoms with Crippen LogP contribution < -0.4 is 0 Å². The van der Waals surface area contributed by atoms with Gasteiger partial charge in [-0.15, -0.1) is 0 Å². The van der Waals surface area contributed by atoms with Gasteiger partial charge in [0, 0.05) is 6.42 Å². The number of allylic oxidation sites excluding steroid dienone is 1. The maximum absolute atomic E-state index is 11.8. The zero-order chi connectivity index (χ0) is 12.5. The third-order valence-corrected chi connectivity index (χ3v) is 2.85. The van der Waals surface area contributed by atoms with Crippen molar-refractivity contribution in [3.63, 3.8) is 0 Å². The number of aryl methyl sites for hydroxylation is 1. The van der Waals surface area contributed by atoms with Gasteiger partial charge in [0.1, 0.15) is 5.76 Å². The van der Waals surface area contributed by atoms with Crippen molar-refractivity contribution in [2.24, 2.45) is 5.41 Å². The molecule has 0 amide bonds. The van der Waals surface area contributed by atoms with Gasteiger partial charge in [-0.1, -0.05) is 24.3 Å². The summed E-state index contributed by atoms with van der Waals surface area (Å²) in [5, 5.41) is 0. The Morgan fingerprint density at radius 2 is 1.88 bits per heavy atom. The van der Waals surface area contributed by atoms with Crippen LogP contribution in [0.3, 0.4) is 0 Å². The third kappa shape index (κ3) is 2.76. The van der Waals surface area contributed by atoms with Crippen LogP contribution in [-0.4, -0.2) is 5.97 Å². The first-order valence-electron chi connectivity index (χ1n) is 5.97. The van der Waals surface area contributed by atoms with Crippen LogP contribution in [0, 0.1) is 5.41 Å². The molecule has 90 valence electrons. The summed E-state index contributed by atoms with van der Waals surface area (Å²) >= 11 is 0. The van der Waals surface area contributed by atoms with Crippen molar-refractivity contribution in [3.05, 3.63) is 41.2 Å². The lowest BCUT2D eigenvalue weighted by atomic mass is 9.95. The van der Waals surface area contributed by atoms with E-state index < -0.39 is 5.41 Å². The molecule has 1 aromatic rings. The van der Waals surface area contributed by atoms with Crippen LogP contribution in [0.25, 0.3) is 6.08 Å². The molecule has 0 radical (unpaired) electrons. The minimum absolute atomic E-state index is 0.164. The molecule has 0 saturated heterocycles. The standard InChI is InChI=1S/C15H18O2/c1-15(2,3)14(16)17-13-9-8-11-6-4-5-7-12(11)10-13/h4-7,10H,8-9H2,1-3H3. The predicted octanol–water partition coefficient (Wildman–Crippen LogP) is 3.56. The van der Waals surface area contributed by atoms with E-state index in [1.165, 1.54) is 5.56 Å². The van der Waals surface area contributed by atoms with Crippen molar-refractivity contribution in [1.82, 2.24) is 0 Å². The van der Waals surface area contributed by atoms with E-state index in [0.717, 1.165) is 24.2 Å². The summed E-state index contributed by atoms with van der Waals surface area (Å²) in [6, 6.07) is 8.22. The van der Waals surface area contributed by atoms with Gasteiger partial charge in [-0.25, -0.2) is 0 Å². The van der Waals surface area contributed by atoms with E-state index in [4.69, 9.17) is 4.74 Å². The van der Waals surface area contributed by atoms with Crippen molar-refractivity contribution in [2.45, 2.75) is 33.6 Å². The van der Waals surface area contributed by atoms with Gasteiger partial charge in [-0.2, -0.15) is 0 Å². The van der Waals surface area contributed by atoms with E-state index in [9.17, 15) is 4.79 Å². The highest BCUT2D eigenvalue weighted by molar-refractivity contribution is 5.77. The fourth-order valence-electron chi connectivity index (χ4n) is 1.76. The predicted molar refractivity (Wildman–Crippen MR) is 68.3 cm³/mol. The number of rotatable bonds is 1. The van der Waals surface area contributed by atoms with E-state index in [1.54, 1.807) is 0 Å². The molecule has 2 rings (SSSR count). The molecule has 0 fully saturated rings. The van der Waals surface area contributed by atoms with E-state index in [0.29, 0.717) is 0 Å². The highest BCUT2D eigenvalue weighted by atomic mass is 16.5. The Labute approximate surface area is 102 Å². The average Bonchev–Trinajstić information content (AvgIpc) is 2.27. The first-order valence-corrected chi connectivity index (χ1v) is 5.97. The van der Waals surface area contributed by atoms with Crippen molar-refractivity contribution in [3.8, 4) is 0 Å². The van der Waals surface area contributed by atoms with Gasteiger partial charge in [-0.3, -0.25) is 4.79 Å². The Kier molecular flexibility index (Phi) is 3.05. The Hall–Kier alpha value is -1.57. The summed E-state index contributed by atoms with van der Waals surface area (Å²) in [6.45, 7) is 5.60. The van der Waals surface area contributed by atoms with Crippen molar-refractivity contribution in [1.29, 1.82) is 0 Å². The normalized spacial score (nSPS) is 14.9. The van der Waals surface area contributed by atoms with Crippen LogP contribution in [0.2, 0.25) is 0 Å². The molecular weight excluding hydrogens is 212 g/mol. The molecule has 2 heteroatoms. The zero-order valence-electron chi connectivity index (χ0n) is 10.6. The molecule has 1 aromatic carbocycles. The highest BCUT2D eigenvalue weighted by Gasteiger charge is 2.25. The molecule has 0 aromatic heterocycles. The summed E-state index contributed by atoms with van der Waals surface area (Å²) in [6.07, 6.45) is 3.72. The highest BCUT2D eigenvalue weighted by Crippen LogP contribution is 2.26. The second-order valence-corrected chi connectivity index (χ2v) is 5.45. The van der Waals surface area contributed by atoms with Gasteiger partial charge < -0.3 is 4.74 Å².